The van der Waals surface area contributed by atoms with E-state index in [1.54, 1.807) is 36.4 Å². The predicted molar refractivity (Wildman–Crippen MR) is 105 cm³/mol. The fraction of sp³-hybridized carbons (Fsp3) is 0.550. The molecule has 0 spiro atoms. The topological polar surface area (TPSA) is 167 Å². The van der Waals surface area contributed by atoms with E-state index < -0.39 is 62.4 Å². The maximum atomic E-state index is 11.1. The van der Waals surface area contributed by atoms with E-state index >= 15 is 0 Å². The third-order valence-electron chi connectivity index (χ3n) is 4.88. The van der Waals surface area contributed by atoms with Crippen molar-refractivity contribution in [3.8, 4) is 5.75 Å². The number of rotatable bonds is 7. The van der Waals surface area contributed by atoms with Crippen LogP contribution in [-0.4, -0.2) is 93.9 Å². The van der Waals surface area contributed by atoms with E-state index in [-0.39, 0.29) is 5.91 Å². The van der Waals surface area contributed by atoms with E-state index in [1.807, 2.05) is 0 Å². The molecule has 11 heteroatoms. The van der Waals surface area contributed by atoms with Gasteiger partial charge < -0.3 is 49.8 Å². The summed E-state index contributed by atoms with van der Waals surface area (Å²) in [5, 5.41) is 51.4. The Morgan fingerprint density at radius 3 is 2.26 bits per heavy atom. The lowest BCUT2D eigenvalue weighted by atomic mass is 9.99. The smallest absolute Gasteiger partial charge is 0.221 e. The highest BCUT2D eigenvalue weighted by molar-refractivity contribution is 5.88. The number of ether oxygens (including phenoxy) is 4. The lowest BCUT2D eigenvalue weighted by Gasteiger charge is -2.42. The number of benzene rings is 1. The van der Waals surface area contributed by atoms with Crippen molar-refractivity contribution < 1.29 is 49.3 Å². The number of aliphatic hydroxyl groups is 5. The Hall–Kier alpha value is -2.09. The summed E-state index contributed by atoms with van der Waals surface area (Å²) in [6.07, 6.45) is -6.57. The normalized spacial score (nSPS) is 35.5. The average Bonchev–Trinajstić information content (AvgIpc) is 2.76. The van der Waals surface area contributed by atoms with E-state index in [9.17, 15) is 30.3 Å². The number of hydrogen-bond donors (Lipinski definition) is 6. The second-order valence-corrected chi connectivity index (χ2v) is 7.23. The molecule has 1 saturated heterocycles. The minimum Gasteiger partial charge on any atom is -0.461 e. The first kappa shape index (κ1) is 23.6. The molecule has 0 aromatic heterocycles. The van der Waals surface area contributed by atoms with Gasteiger partial charge in [-0.05, 0) is 30.3 Å². The minimum absolute atomic E-state index is 0.191. The van der Waals surface area contributed by atoms with Gasteiger partial charge in [-0.1, -0.05) is 6.08 Å². The van der Waals surface area contributed by atoms with E-state index in [0.717, 1.165) is 0 Å². The lowest BCUT2D eigenvalue weighted by molar-refractivity contribution is -0.317. The largest absolute Gasteiger partial charge is 0.461 e. The van der Waals surface area contributed by atoms with Gasteiger partial charge in [0.2, 0.25) is 12.2 Å². The van der Waals surface area contributed by atoms with Gasteiger partial charge in [0.05, 0.1) is 13.2 Å². The van der Waals surface area contributed by atoms with Crippen LogP contribution in [0.4, 0.5) is 5.69 Å². The van der Waals surface area contributed by atoms with Gasteiger partial charge in [0.1, 0.15) is 42.4 Å². The number of carbonyl (C=O) groups is 1. The van der Waals surface area contributed by atoms with Gasteiger partial charge in [0.15, 0.2) is 6.29 Å². The van der Waals surface area contributed by atoms with Crippen molar-refractivity contribution in [2.75, 3.05) is 18.5 Å². The van der Waals surface area contributed by atoms with Crippen LogP contribution < -0.4 is 10.1 Å². The molecule has 0 radical (unpaired) electrons. The molecule has 1 aromatic rings. The van der Waals surface area contributed by atoms with Crippen LogP contribution in [0.1, 0.15) is 6.92 Å². The van der Waals surface area contributed by atoms with Crippen LogP contribution in [0.3, 0.4) is 0 Å². The van der Waals surface area contributed by atoms with Crippen molar-refractivity contribution in [1.29, 1.82) is 0 Å². The van der Waals surface area contributed by atoms with Crippen molar-refractivity contribution in [2.24, 2.45) is 0 Å². The Kier molecular flexibility index (Phi) is 7.97. The molecular formula is C20H27NO10. The summed E-state index contributed by atoms with van der Waals surface area (Å²) in [6.45, 7) is 0.387. The lowest BCUT2D eigenvalue weighted by Crippen LogP contribution is -2.60. The molecular weight excluding hydrogens is 414 g/mol. The molecule has 1 aromatic carbocycles. The Labute approximate surface area is 178 Å². The van der Waals surface area contributed by atoms with Gasteiger partial charge in [-0.3, -0.25) is 4.79 Å². The zero-order chi connectivity index (χ0) is 22.5. The van der Waals surface area contributed by atoms with Crippen LogP contribution in [0.25, 0.3) is 0 Å². The van der Waals surface area contributed by atoms with Gasteiger partial charge in [-0.2, -0.15) is 0 Å². The van der Waals surface area contributed by atoms with E-state index in [1.165, 1.54) is 6.92 Å². The Morgan fingerprint density at radius 2 is 1.65 bits per heavy atom. The average molecular weight is 441 g/mol. The van der Waals surface area contributed by atoms with Crippen molar-refractivity contribution in [2.45, 2.75) is 56.1 Å². The summed E-state index contributed by atoms with van der Waals surface area (Å²) in [5.74, 6) is 0.275. The number of nitrogens with one attached hydrogen (secondary N) is 1. The second kappa shape index (κ2) is 10.5. The van der Waals surface area contributed by atoms with Crippen molar-refractivity contribution in [3.05, 3.63) is 36.4 Å². The third kappa shape index (κ3) is 5.79. The molecule has 2 heterocycles. The molecule has 0 saturated carbocycles. The summed E-state index contributed by atoms with van der Waals surface area (Å²) in [4.78, 5) is 11.1. The number of anilines is 1. The first-order chi connectivity index (χ1) is 14.8. The van der Waals surface area contributed by atoms with Crippen molar-refractivity contribution in [3.63, 3.8) is 0 Å². The van der Waals surface area contributed by atoms with Gasteiger partial charge in [-0.15, -0.1) is 0 Å². The highest BCUT2D eigenvalue weighted by Gasteiger charge is 2.45. The van der Waals surface area contributed by atoms with E-state index in [0.29, 0.717) is 11.4 Å². The number of aliphatic hydroxyl groups excluding tert-OH is 5. The van der Waals surface area contributed by atoms with Crippen molar-refractivity contribution >= 4 is 11.6 Å². The maximum Gasteiger partial charge on any atom is 0.221 e. The maximum absolute atomic E-state index is 11.1. The van der Waals surface area contributed by atoms with Crippen LogP contribution in [0.5, 0.6) is 5.75 Å². The third-order valence-corrected chi connectivity index (χ3v) is 4.88. The first-order valence-electron chi connectivity index (χ1n) is 9.77. The van der Waals surface area contributed by atoms with Crippen LogP contribution in [-0.2, 0) is 19.0 Å². The fourth-order valence-corrected chi connectivity index (χ4v) is 3.26. The molecule has 1 amide bonds. The van der Waals surface area contributed by atoms with Gasteiger partial charge in [0.25, 0.3) is 0 Å². The Morgan fingerprint density at radius 1 is 0.968 bits per heavy atom. The Bertz CT molecular complexity index is 755. The summed E-state index contributed by atoms with van der Waals surface area (Å²) in [5.41, 5.74) is 0.612. The molecule has 31 heavy (non-hydrogen) atoms. The van der Waals surface area contributed by atoms with Crippen LogP contribution in [0, 0.1) is 0 Å². The number of carbonyl (C=O) groups excluding carboxylic acids is 1. The molecule has 8 atom stereocenters. The summed E-state index contributed by atoms with van der Waals surface area (Å²) in [7, 11) is 0. The zero-order valence-electron chi connectivity index (χ0n) is 16.8. The zero-order valence-corrected chi connectivity index (χ0v) is 16.8. The molecule has 0 aliphatic carbocycles. The molecule has 1 fully saturated rings. The summed E-state index contributed by atoms with van der Waals surface area (Å²) < 4.78 is 22.3. The molecule has 6 N–H and O–H groups in total. The molecule has 0 bridgehead atoms. The number of hydrogen-bond acceptors (Lipinski definition) is 10. The molecule has 2 aliphatic heterocycles. The molecule has 2 aliphatic rings. The predicted octanol–water partition coefficient (Wildman–Crippen LogP) is -1.52. The van der Waals surface area contributed by atoms with Crippen LogP contribution in [0.2, 0.25) is 0 Å². The molecule has 172 valence electrons. The minimum atomic E-state index is -1.58. The fourth-order valence-electron chi connectivity index (χ4n) is 3.26. The summed E-state index contributed by atoms with van der Waals surface area (Å²) >= 11 is 0. The standard InChI is InChI=1S/C20H27NO10/c1-10(24)21-11-2-4-12(5-3-11)28-16-7-6-13(14(8-22)29-16)30-20-19(27)18(26)17(25)15(9-23)31-20/h2-7,13-20,22-23,25-27H,8-9H2,1H3,(H,21,24)/t13-,14+,15+,16-,17+,18-,19+,20-/m0/s1. The quantitative estimate of drug-likeness (QED) is 0.274. The van der Waals surface area contributed by atoms with E-state index in [2.05, 4.69) is 5.32 Å². The SMILES string of the molecule is CC(=O)Nc1ccc(O[C@@H]2C=C[C@H](O[C@H]3O[C@H](CO)[C@@H](O)[C@H](O)[C@H]3O)[C@@H](CO)O2)cc1. The van der Waals surface area contributed by atoms with E-state index in [4.69, 9.17) is 18.9 Å². The highest BCUT2D eigenvalue weighted by Crippen LogP contribution is 2.27. The van der Waals surface area contributed by atoms with Gasteiger partial charge in [0, 0.05) is 12.6 Å². The second-order valence-electron chi connectivity index (χ2n) is 7.23. The summed E-state index contributed by atoms with van der Waals surface area (Å²) in [6, 6.07) is 6.62. The molecule has 11 nitrogen and oxygen atoms in total. The van der Waals surface area contributed by atoms with Crippen LogP contribution in [0.15, 0.2) is 36.4 Å². The monoisotopic (exact) mass is 441 g/mol. The van der Waals surface area contributed by atoms with Gasteiger partial charge >= 0.3 is 0 Å². The Balaban J connectivity index is 1.62. The van der Waals surface area contributed by atoms with Crippen LogP contribution >= 0.6 is 0 Å². The van der Waals surface area contributed by atoms with Crippen molar-refractivity contribution in [1.82, 2.24) is 0 Å². The molecule has 3 rings (SSSR count). The highest BCUT2D eigenvalue weighted by atomic mass is 16.7. The molecule has 0 unspecified atom stereocenters. The van der Waals surface area contributed by atoms with Gasteiger partial charge in [-0.25, -0.2) is 0 Å². The first-order valence-corrected chi connectivity index (χ1v) is 9.77. The number of amides is 1.